The molecule has 0 bridgehead atoms. The number of nitrogens with zero attached hydrogens (tertiary/aromatic N) is 1. The summed E-state index contributed by atoms with van der Waals surface area (Å²) in [6.45, 7) is -0.0191. The lowest BCUT2D eigenvalue weighted by atomic mass is 10.1. The smallest absolute Gasteiger partial charge is 0.142 e. The molecule has 0 amide bonds. The predicted octanol–water partition coefficient (Wildman–Crippen LogP) is 1.26. The molecule has 0 atom stereocenters. The first-order valence-electron chi connectivity index (χ1n) is 4.70. The monoisotopic (exact) mass is 206 g/mol. The highest BCUT2D eigenvalue weighted by atomic mass is 16.5. The van der Waals surface area contributed by atoms with Gasteiger partial charge in [0.2, 0.25) is 0 Å². The summed E-state index contributed by atoms with van der Waals surface area (Å²) in [6, 6.07) is 3.77. The molecule has 15 heavy (non-hydrogen) atoms. The predicted molar refractivity (Wildman–Crippen MR) is 59.8 cm³/mol. The Bertz CT molecular complexity index is 503. The Morgan fingerprint density at radius 1 is 1.47 bits per heavy atom. The van der Waals surface area contributed by atoms with Crippen LogP contribution in [-0.4, -0.2) is 16.8 Å². The van der Waals surface area contributed by atoms with Gasteiger partial charge in [0.25, 0.3) is 0 Å². The minimum absolute atomic E-state index is 0.0191. The molecule has 0 saturated carbocycles. The van der Waals surface area contributed by atoms with E-state index in [-0.39, 0.29) is 6.61 Å². The van der Waals surface area contributed by atoms with Crippen molar-refractivity contribution in [1.82, 2.24) is 4.57 Å². The normalized spacial score (nSPS) is 10.9. The highest BCUT2D eigenvalue weighted by molar-refractivity contribution is 5.97. The van der Waals surface area contributed by atoms with Crippen LogP contribution in [0.1, 0.15) is 5.56 Å². The maximum Gasteiger partial charge on any atom is 0.142 e. The van der Waals surface area contributed by atoms with Crippen LogP contribution >= 0.6 is 0 Å². The van der Waals surface area contributed by atoms with Crippen molar-refractivity contribution >= 4 is 16.6 Å². The van der Waals surface area contributed by atoms with Gasteiger partial charge in [-0.1, -0.05) is 0 Å². The quantitative estimate of drug-likeness (QED) is 0.727. The first kappa shape index (κ1) is 9.86. The van der Waals surface area contributed by atoms with Crippen LogP contribution in [0.2, 0.25) is 0 Å². The van der Waals surface area contributed by atoms with Crippen molar-refractivity contribution < 1.29 is 9.84 Å². The molecule has 0 fully saturated rings. The highest BCUT2D eigenvalue weighted by Crippen LogP contribution is 2.33. The van der Waals surface area contributed by atoms with Gasteiger partial charge in [-0.05, 0) is 12.1 Å². The van der Waals surface area contributed by atoms with E-state index in [1.807, 2.05) is 29.9 Å². The Labute approximate surface area is 87.9 Å². The molecule has 0 radical (unpaired) electrons. The second kappa shape index (κ2) is 3.47. The van der Waals surface area contributed by atoms with Gasteiger partial charge in [0.15, 0.2) is 0 Å². The molecule has 0 spiro atoms. The van der Waals surface area contributed by atoms with Crippen molar-refractivity contribution in [2.75, 3.05) is 12.8 Å². The number of aliphatic hydroxyl groups is 1. The van der Waals surface area contributed by atoms with Crippen LogP contribution in [0.5, 0.6) is 5.75 Å². The van der Waals surface area contributed by atoms with E-state index < -0.39 is 0 Å². The highest BCUT2D eigenvalue weighted by Gasteiger charge is 2.12. The van der Waals surface area contributed by atoms with Gasteiger partial charge in [0.05, 0.1) is 24.9 Å². The van der Waals surface area contributed by atoms with Crippen molar-refractivity contribution in [2.24, 2.45) is 7.05 Å². The lowest BCUT2D eigenvalue weighted by Gasteiger charge is -2.06. The molecule has 1 aromatic carbocycles. The number of ether oxygens (including phenoxy) is 1. The first-order chi connectivity index (χ1) is 7.19. The zero-order valence-electron chi connectivity index (χ0n) is 8.82. The van der Waals surface area contributed by atoms with Gasteiger partial charge in [0.1, 0.15) is 5.75 Å². The summed E-state index contributed by atoms with van der Waals surface area (Å²) in [6.07, 6.45) is 1.88. The summed E-state index contributed by atoms with van der Waals surface area (Å²) in [5, 5.41) is 10.1. The molecule has 80 valence electrons. The number of hydrogen-bond donors (Lipinski definition) is 2. The summed E-state index contributed by atoms with van der Waals surface area (Å²) in [4.78, 5) is 0. The largest absolute Gasteiger partial charge is 0.495 e. The number of nitrogen functional groups attached to an aromatic ring is 1. The van der Waals surface area contributed by atoms with Gasteiger partial charge >= 0.3 is 0 Å². The molecule has 1 aromatic heterocycles. The van der Waals surface area contributed by atoms with E-state index >= 15 is 0 Å². The van der Waals surface area contributed by atoms with Gasteiger partial charge in [-0.15, -0.1) is 0 Å². The van der Waals surface area contributed by atoms with Crippen molar-refractivity contribution in [3.63, 3.8) is 0 Å². The molecule has 4 heteroatoms. The molecule has 3 N–H and O–H groups in total. The molecule has 0 aliphatic heterocycles. The Hall–Kier alpha value is -1.68. The van der Waals surface area contributed by atoms with Crippen LogP contribution in [0.4, 0.5) is 5.69 Å². The van der Waals surface area contributed by atoms with E-state index in [0.29, 0.717) is 11.4 Å². The molecule has 1 heterocycles. The van der Waals surface area contributed by atoms with E-state index in [0.717, 1.165) is 16.5 Å². The Morgan fingerprint density at radius 3 is 2.80 bits per heavy atom. The molecular weight excluding hydrogens is 192 g/mol. The van der Waals surface area contributed by atoms with E-state index in [4.69, 9.17) is 10.5 Å². The molecular formula is C11H14N2O2. The van der Waals surface area contributed by atoms with E-state index in [1.54, 1.807) is 7.11 Å². The van der Waals surface area contributed by atoms with Crippen LogP contribution in [0.15, 0.2) is 18.3 Å². The minimum atomic E-state index is -0.0191. The summed E-state index contributed by atoms with van der Waals surface area (Å²) in [5.74, 6) is 0.642. The van der Waals surface area contributed by atoms with Crippen LogP contribution in [0, 0.1) is 0 Å². The van der Waals surface area contributed by atoms with Crippen LogP contribution < -0.4 is 10.5 Å². The van der Waals surface area contributed by atoms with E-state index in [9.17, 15) is 5.11 Å². The van der Waals surface area contributed by atoms with Crippen LogP contribution in [0.25, 0.3) is 10.9 Å². The molecule has 2 rings (SSSR count). The first-order valence-corrected chi connectivity index (χ1v) is 4.70. The fourth-order valence-electron chi connectivity index (χ4n) is 1.89. The van der Waals surface area contributed by atoms with Crippen molar-refractivity contribution in [3.05, 3.63) is 23.9 Å². The number of aliphatic hydroxyl groups excluding tert-OH is 1. The zero-order valence-corrected chi connectivity index (χ0v) is 8.82. The standard InChI is InChI=1S/C11H14N2O2/c1-13-5-7(6-14)10-8(13)3-4-9(15-2)11(10)12/h3-5,14H,6,12H2,1-2H3. The lowest BCUT2D eigenvalue weighted by molar-refractivity contribution is 0.283. The van der Waals surface area contributed by atoms with Gasteiger partial charge in [-0.25, -0.2) is 0 Å². The molecule has 0 saturated heterocycles. The summed E-state index contributed by atoms with van der Waals surface area (Å²) in [5.41, 5.74) is 8.37. The molecule has 0 unspecified atom stereocenters. The number of aromatic nitrogens is 1. The SMILES string of the molecule is COc1ccc2c(c(CO)cn2C)c1N. The lowest BCUT2D eigenvalue weighted by Crippen LogP contribution is -1.94. The molecule has 4 nitrogen and oxygen atoms in total. The van der Waals surface area contributed by atoms with Crippen molar-refractivity contribution in [3.8, 4) is 5.75 Å². The van der Waals surface area contributed by atoms with E-state index in [2.05, 4.69) is 0 Å². The third-order valence-electron chi connectivity index (χ3n) is 2.62. The van der Waals surface area contributed by atoms with Gasteiger partial charge in [-0.3, -0.25) is 0 Å². The second-order valence-corrected chi connectivity index (χ2v) is 3.50. The average Bonchev–Trinajstić information content (AvgIpc) is 2.57. The number of benzene rings is 1. The summed E-state index contributed by atoms with van der Waals surface area (Å²) >= 11 is 0. The van der Waals surface area contributed by atoms with Crippen LogP contribution in [0.3, 0.4) is 0 Å². The third kappa shape index (κ3) is 1.34. The fourth-order valence-corrected chi connectivity index (χ4v) is 1.89. The Morgan fingerprint density at radius 2 is 2.20 bits per heavy atom. The van der Waals surface area contributed by atoms with Crippen LogP contribution in [-0.2, 0) is 13.7 Å². The Balaban J connectivity index is 2.83. The number of methoxy groups -OCH3 is 1. The number of fused-ring (bicyclic) bond motifs is 1. The summed E-state index contributed by atoms with van der Waals surface area (Å²) < 4.78 is 7.09. The fraction of sp³-hybridized carbons (Fsp3) is 0.273. The average molecular weight is 206 g/mol. The maximum atomic E-state index is 9.23. The van der Waals surface area contributed by atoms with E-state index in [1.165, 1.54) is 0 Å². The number of nitrogens with two attached hydrogens (primary N) is 1. The van der Waals surface area contributed by atoms with Gasteiger partial charge < -0.3 is 20.1 Å². The molecule has 0 aliphatic carbocycles. The number of rotatable bonds is 2. The second-order valence-electron chi connectivity index (χ2n) is 3.50. The Kier molecular flexibility index (Phi) is 2.28. The minimum Gasteiger partial charge on any atom is -0.495 e. The summed E-state index contributed by atoms with van der Waals surface area (Å²) in [7, 11) is 3.51. The molecule has 2 aromatic rings. The van der Waals surface area contributed by atoms with Gasteiger partial charge in [-0.2, -0.15) is 0 Å². The topological polar surface area (TPSA) is 60.4 Å². The third-order valence-corrected chi connectivity index (χ3v) is 2.62. The number of aryl methyl sites for hydroxylation is 1. The van der Waals surface area contributed by atoms with Crippen molar-refractivity contribution in [1.29, 1.82) is 0 Å². The zero-order chi connectivity index (χ0) is 11.0. The number of hydrogen-bond acceptors (Lipinski definition) is 3. The number of anilines is 1. The molecule has 0 aliphatic rings. The maximum absolute atomic E-state index is 9.23. The van der Waals surface area contributed by atoms with Crippen molar-refractivity contribution in [2.45, 2.75) is 6.61 Å². The van der Waals surface area contributed by atoms with Gasteiger partial charge in [0, 0.05) is 24.2 Å².